The van der Waals surface area contributed by atoms with Gasteiger partial charge in [-0.2, -0.15) is 0 Å². The Balaban J connectivity index is 2.43. The first-order valence-corrected chi connectivity index (χ1v) is 5.87. The SMILES string of the molecule is CCC1(C)CC(C)(C)C2=C1CC=CC2. The van der Waals surface area contributed by atoms with Gasteiger partial charge >= 0.3 is 0 Å². The molecule has 0 fully saturated rings. The molecule has 0 N–H and O–H groups in total. The summed E-state index contributed by atoms with van der Waals surface area (Å²) in [5, 5.41) is 0. The van der Waals surface area contributed by atoms with E-state index in [2.05, 4.69) is 39.8 Å². The minimum atomic E-state index is 0.449. The van der Waals surface area contributed by atoms with E-state index in [1.165, 1.54) is 25.7 Å². The molecule has 78 valence electrons. The van der Waals surface area contributed by atoms with Gasteiger partial charge < -0.3 is 0 Å². The molecule has 0 nitrogen and oxygen atoms in total. The molecule has 14 heavy (non-hydrogen) atoms. The Labute approximate surface area is 88.1 Å². The molecule has 0 bridgehead atoms. The molecule has 2 aliphatic rings. The highest BCUT2D eigenvalue weighted by Crippen LogP contribution is 2.57. The zero-order valence-corrected chi connectivity index (χ0v) is 9.98. The lowest BCUT2D eigenvalue weighted by atomic mass is 9.76. The fourth-order valence-electron chi connectivity index (χ4n) is 3.47. The molecule has 2 aliphatic carbocycles. The summed E-state index contributed by atoms with van der Waals surface area (Å²) in [6, 6.07) is 0. The van der Waals surface area contributed by atoms with Gasteiger partial charge in [0.25, 0.3) is 0 Å². The first kappa shape index (κ1) is 10.0. The monoisotopic (exact) mass is 190 g/mol. The lowest BCUT2D eigenvalue weighted by Crippen LogP contribution is -2.17. The molecule has 1 unspecified atom stereocenters. The summed E-state index contributed by atoms with van der Waals surface area (Å²) in [6.45, 7) is 9.63. The second kappa shape index (κ2) is 2.98. The molecule has 0 amide bonds. The van der Waals surface area contributed by atoms with Gasteiger partial charge in [-0.1, -0.05) is 51.0 Å². The summed E-state index contributed by atoms with van der Waals surface area (Å²) < 4.78 is 0. The van der Waals surface area contributed by atoms with Crippen molar-refractivity contribution in [2.75, 3.05) is 0 Å². The van der Waals surface area contributed by atoms with Crippen LogP contribution in [-0.2, 0) is 0 Å². The van der Waals surface area contributed by atoms with Crippen molar-refractivity contribution in [2.24, 2.45) is 10.8 Å². The number of allylic oxidation sites excluding steroid dienone is 4. The van der Waals surface area contributed by atoms with Crippen LogP contribution in [0.15, 0.2) is 23.3 Å². The van der Waals surface area contributed by atoms with Gasteiger partial charge in [0.2, 0.25) is 0 Å². The van der Waals surface area contributed by atoms with Crippen molar-refractivity contribution in [3.63, 3.8) is 0 Å². The Kier molecular flexibility index (Phi) is 2.13. The fraction of sp³-hybridized carbons (Fsp3) is 0.714. The van der Waals surface area contributed by atoms with E-state index in [1.54, 1.807) is 11.1 Å². The van der Waals surface area contributed by atoms with Gasteiger partial charge in [0.05, 0.1) is 0 Å². The molecule has 0 aliphatic heterocycles. The van der Waals surface area contributed by atoms with Gasteiger partial charge in [-0.05, 0) is 36.5 Å². The molecule has 0 aromatic rings. The second-order valence-corrected chi connectivity index (χ2v) is 5.81. The third kappa shape index (κ3) is 1.27. The van der Waals surface area contributed by atoms with E-state index in [0.29, 0.717) is 10.8 Å². The van der Waals surface area contributed by atoms with Crippen molar-refractivity contribution in [2.45, 2.75) is 53.4 Å². The molecule has 0 heterocycles. The van der Waals surface area contributed by atoms with Crippen LogP contribution in [0.3, 0.4) is 0 Å². The number of hydrogen-bond acceptors (Lipinski definition) is 0. The molecule has 0 heteroatoms. The molecule has 1 atom stereocenters. The van der Waals surface area contributed by atoms with Crippen LogP contribution < -0.4 is 0 Å². The quantitative estimate of drug-likeness (QED) is 0.535. The minimum Gasteiger partial charge on any atom is -0.0841 e. The van der Waals surface area contributed by atoms with Crippen LogP contribution >= 0.6 is 0 Å². The summed E-state index contributed by atoms with van der Waals surface area (Å²) in [7, 11) is 0. The van der Waals surface area contributed by atoms with E-state index in [1.807, 2.05) is 0 Å². The Bertz CT molecular complexity index is 304. The molecular formula is C14H22. The third-order valence-corrected chi connectivity index (χ3v) is 4.33. The van der Waals surface area contributed by atoms with Crippen molar-refractivity contribution in [1.29, 1.82) is 0 Å². The molecule has 0 saturated carbocycles. The number of hydrogen-bond donors (Lipinski definition) is 0. The van der Waals surface area contributed by atoms with Crippen LogP contribution in [0.4, 0.5) is 0 Å². The smallest absolute Gasteiger partial charge is 0.0105 e. The standard InChI is InChI=1S/C14H22/c1-5-14(4)10-13(2,3)11-8-6-7-9-12(11)14/h6-7H,5,8-10H2,1-4H3. The van der Waals surface area contributed by atoms with Crippen molar-refractivity contribution < 1.29 is 0 Å². The lowest BCUT2D eigenvalue weighted by Gasteiger charge is -2.28. The highest BCUT2D eigenvalue weighted by molar-refractivity contribution is 5.38. The average molecular weight is 190 g/mol. The van der Waals surface area contributed by atoms with Crippen molar-refractivity contribution in [1.82, 2.24) is 0 Å². The highest BCUT2D eigenvalue weighted by Gasteiger charge is 2.44. The lowest BCUT2D eigenvalue weighted by molar-refractivity contribution is 0.282. The zero-order valence-electron chi connectivity index (χ0n) is 9.98. The van der Waals surface area contributed by atoms with E-state index in [0.717, 1.165) is 0 Å². The average Bonchev–Trinajstić information content (AvgIpc) is 2.37. The summed E-state index contributed by atoms with van der Waals surface area (Å²) in [6.07, 6.45) is 9.77. The van der Waals surface area contributed by atoms with Gasteiger partial charge in [0, 0.05) is 0 Å². The topological polar surface area (TPSA) is 0 Å². The Morgan fingerprint density at radius 1 is 1.07 bits per heavy atom. The first-order valence-electron chi connectivity index (χ1n) is 5.87. The van der Waals surface area contributed by atoms with Gasteiger partial charge in [-0.15, -0.1) is 0 Å². The molecule has 0 aromatic heterocycles. The van der Waals surface area contributed by atoms with Crippen LogP contribution in [-0.4, -0.2) is 0 Å². The van der Waals surface area contributed by atoms with E-state index in [9.17, 15) is 0 Å². The largest absolute Gasteiger partial charge is 0.0841 e. The predicted octanol–water partition coefficient (Wildman–Crippen LogP) is 4.48. The highest BCUT2D eigenvalue weighted by atomic mass is 14.5. The third-order valence-electron chi connectivity index (χ3n) is 4.33. The van der Waals surface area contributed by atoms with Crippen LogP contribution in [0.25, 0.3) is 0 Å². The Morgan fingerprint density at radius 2 is 1.64 bits per heavy atom. The minimum absolute atomic E-state index is 0.449. The van der Waals surface area contributed by atoms with Gasteiger partial charge in [0.1, 0.15) is 0 Å². The maximum atomic E-state index is 2.45. The van der Waals surface area contributed by atoms with Crippen LogP contribution in [0, 0.1) is 10.8 Å². The predicted molar refractivity (Wildman–Crippen MR) is 62.2 cm³/mol. The Morgan fingerprint density at radius 3 is 2.21 bits per heavy atom. The van der Waals surface area contributed by atoms with Gasteiger partial charge in [0.15, 0.2) is 0 Å². The van der Waals surface area contributed by atoms with Gasteiger partial charge in [-0.3, -0.25) is 0 Å². The first-order chi connectivity index (χ1) is 6.49. The van der Waals surface area contributed by atoms with Crippen molar-refractivity contribution in [3.8, 4) is 0 Å². The van der Waals surface area contributed by atoms with Crippen LogP contribution in [0.2, 0.25) is 0 Å². The summed E-state index contributed by atoms with van der Waals surface area (Å²) in [5.74, 6) is 0. The maximum Gasteiger partial charge on any atom is -0.0105 e. The van der Waals surface area contributed by atoms with E-state index >= 15 is 0 Å². The molecular weight excluding hydrogens is 168 g/mol. The van der Waals surface area contributed by atoms with E-state index in [-0.39, 0.29) is 0 Å². The summed E-state index contributed by atoms with van der Waals surface area (Å²) in [5.41, 5.74) is 4.44. The molecule has 2 rings (SSSR count). The summed E-state index contributed by atoms with van der Waals surface area (Å²) in [4.78, 5) is 0. The molecule has 0 radical (unpaired) electrons. The van der Waals surface area contributed by atoms with Crippen LogP contribution in [0.1, 0.15) is 53.4 Å². The van der Waals surface area contributed by atoms with E-state index in [4.69, 9.17) is 0 Å². The number of rotatable bonds is 1. The molecule has 0 aromatic carbocycles. The van der Waals surface area contributed by atoms with Crippen LogP contribution in [0.5, 0.6) is 0 Å². The second-order valence-electron chi connectivity index (χ2n) is 5.81. The zero-order chi connectivity index (χ0) is 10.4. The molecule has 0 saturated heterocycles. The van der Waals surface area contributed by atoms with Gasteiger partial charge in [-0.25, -0.2) is 0 Å². The maximum absolute atomic E-state index is 2.45. The van der Waals surface area contributed by atoms with Crippen molar-refractivity contribution >= 4 is 0 Å². The van der Waals surface area contributed by atoms with E-state index < -0.39 is 0 Å². The van der Waals surface area contributed by atoms with Crippen molar-refractivity contribution in [3.05, 3.63) is 23.3 Å². The summed E-state index contributed by atoms with van der Waals surface area (Å²) >= 11 is 0. The normalized spacial score (nSPS) is 34.9. The fourth-order valence-corrected chi connectivity index (χ4v) is 3.47. The Hall–Kier alpha value is -0.520. The molecule has 0 spiro atoms.